The van der Waals surface area contributed by atoms with Crippen LogP contribution >= 0.6 is 0 Å². The fourth-order valence-electron chi connectivity index (χ4n) is 2.84. The molecule has 0 fully saturated rings. The lowest BCUT2D eigenvalue weighted by Gasteiger charge is -2.28. The number of amides is 1. The van der Waals surface area contributed by atoms with Crippen molar-refractivity contribution in [3.8, 4) is 11.4 Å². The van der Waals surface area contributed by atoms with Crippen LogP contribution in [0.1, 0.15) is 18.4 Å². The average Bonchev–Trinajstić information content (AvgIpc) is 3.16. The highest BCUT2D eigenvalue weighted by atomic mass is 32.2. The summed E-state index contributed by atoms with van der Waals surface area (Å²) in [5.74, 6) is 0.168. The van der Waals surface area contributed by atoms with Gasteiger partial charge in [-0.25, -0.2) is 8.42 Å². The second-order valence-electron chi connectivity index (χ2n) is 6.67. The van der Waals surface area contributed by atoms with E-state index in [4.69, 9.17) is 4.52 Å². The zero-order valence-corrected chi connectivity index (χ0v) is 17.2. The molecule has 3 aromatic rings. The largest absolute Gasteiger partial charge is 0.345 e. The van der Waals surface area contributed by atoms with E-state index in [9.17, 15) is 13.2 Å². The first-order valence-corrected chi connectivity index (χ1v) is 10.8. The molecule has 2 aromatic carbocycles. The first kappa shape index (κ1) is 20.5. The predicted octanol–water partition coefficient (Wildman–Crippen LogP) is 2.52. The molecular formula is C20H22N4O4S. The topological polar surface area (TPSA) is 105 Å². The van der Waals surface area contributed by atoms with E-state index in [1.807, 2.05) is 37.3 Å². The van der Waals surface area contributed by atoms with Crippen molar-refractivity contribution in [2.75, 3.05) is 10.6 Å². The number of hydrogen-bond acceptors (Lipinski definition) is 6. The Morgan fingerprint density at radius 2 is 1.79 bits per heavy atom. The van der Waals surface area contributed by atoms with Gasteiger partial charge < -0.3 is 9.84 Å². The van der Waals surface area contributed by atoms with Crippen LogP contribution in [0.3, 0.4) is 0 Å². The number of sulfonamides is 1. The highest BCUT2D eigenvalue weighted by Crippen LogP contribution is 2.21. The van der Waals surface area contributed by atoms with E-state index in [2.05, 4.69) is 15.5 Å². The third-order valence-electron chi connectivity index (χ3n) is 4.29. The number of aromatic nitrogens is 2. The van der Waals surface area contributed by atoms with Gasteiger partial charge in [0.15, 0.2) is 0 Å². The minimum Gasteiger partial charge on any atom is -0.345 e. The molecule has 0 saturated carbocycles. The SMILES string of the molecule is Cc1ccc(N([C@@H](C)C(=O)NCc2nc(-c3ccccc3)no2)S(C)(=O)=O)cc1. The van der Waals surface area contributed by atoms with Crippen LogP contribution in [0.4, 0.5) is 5.69 Å². The molecule has 0 spiro atoms. The number of benzene rings is 2. The summed E-state index contributed by atoms with van der Waals surface area (Å²) in [6, 6.07) is 15.3. The number of aryl methyl sites for hydroxylation is 1. The Morgan fingerprint density at radius 3 is 2.41 bits per heavy atom. The third-order valence-corrected chi connectivity index (χ3v) is 5.53. The van der Waals surface area contributed by atoms with Gasteiger partial charge in [0, 0.05) is 5.56 Å². The summed E-state index contributed by atoms with van der Waals surface area (Å²) in [7, 11) is -3.67. The number of rotatable bonds is 7. The highest BCUT2D eigenvalue weighted by molar-refractivity contribution is 7.92. The molecule has 0 aliphatic carbocycles. The molecule has 0 aliphatic heterocycles. The molecule has 0 unspecified atom stereocenters. The highest BCUT2D eigenvalue weighted by Gasteiger charge is 2.29. The Bertz CT molecular complexity index is 1080. The lowest BCUT2D eigenvalue weighted by atomic mass is 10.2. The van der Waals surface area contributed by atoms with Crippen LogP contribution in [0.15, 0.2) is 59.1 Å². The van der Waals surface area contributed by atoms with Crippen molar-refractivity contribution in [3.63, 3.8) is 0 Å². The van der Waals surface area contributed by atoms with E-state index < -0.39 is 22.0 Å². The molecule has 3 rings (SSSR count). The van der Waals surface area contributed by atoms with Crippen LogP contribution < -0.4 is 9.62 Å². The van der Waals surface area contributed by atoms with Gasteiger partial charge >= 0.3 is 0 Å². The van der Waals surface area contributed by atoms with Gasteiger partial charge in [-0.2, -0.15) is 4.98 Å². The lowest BCUT2D eigenvalue weighted by molar-refractivity contribution is -0.122. The molecule has 0 radical (unpaired) electrons. The molecular weight excluding hydrogens is 392 g/mol. The summed E-state index contributed by atoms with van der Waals surface area (Å²) in [6.07, 6.45) is 1.07. The molecule has 0 saturated heterocycles. The van der Waals surface area contributed by atoms with E-state index in [-0.39, 0.29) is 12.4 Å². The van der Waals surface area contributed by atoms with Crippen molar-refractivity contribution in [3.05, 3.63) is 66.1 Å². The zero-order valence-electron chi connectivity index (χ0n) is 16.4. The normalized spacial score (nSPS) is 12.4. The van der Waals surface area contributed by atoms with Crippen LogP contribution in [0.2, 0.25) is 0 Å². The second kappa shape index (κ2) is 8.44. The van der Waals surface area contributed by atoms with Gasteiger partial charge in [0.25, 0.3) is 0 Å². The molecule has 0 aliphatic rings. The summed E-state index contributed by atoms with van der Waals surface area (Å²) >= 11 is 0. The molecule has 29 heavy (non-hydrogen) atoms. The summed E-state index contributed by atoms with van der Waals surface area (Å²) in [4.78, 5) is 16.9. The van der Waals surface area contributed by atoms with Gasteiger partial charge in [0.2, 0.25) is 27.6 Å². The van der Waals surface area contributed by atoms with E-state index in [1.165, 1.54) is 6.92 Å². The molecule has 8 nitrogen and oxygen atoms in total. The maximum absolute atomic E-state index is 12.6. The van der Waals surface area contributed by atoms with E-state index in [0.717, 1.165) is 21.7 Å². The quantitative estimate of drug-likeness (QED) is 0.637. The smallest absolute Gasteiger partial charge is 0.246 e. The van der Waals surface area contributed by atoms with Crippen LogP contribution in [-0.4, -0.2) is 36.8 Å². The molecule has 1 amide bonds. The van der Waals surface area contributed by atoms with Gasteiger partial charge in [0.05, 0.1) is 18.5 Å². The van der Waals surface area contributed by atoms with Gasteiger partial charge in [-0.15, -0.1) is 0 Å². The standard InChI is InChI=1S/C20H22N4O4S/c1-14-9-11-17(12-10-14)24(29(3,26)27)15(2)20(25)21-13-18-22-19(23-28-18)16-7-5-4-6-8-16/h4-12,15H,13H2,1-3H3,(H,21,25)/t15-/m0/s1. The van der Waals surface area contributed by atoms with Crippen LogP contribution in [0.25, 0.3) is 11.4 Å². The van der Waals surface area contributed by atoms with Crippen LogP contribution in [0.5, 0.6) is 0 Å². The van der Waals surface area contributed by atoms with Crippen LogP contribution in [-0.2, 0) is 21.4 Å². The number of anilines is 1. The second-order valence-corrected chi connectivity index (χ2v) is 8.53. The van der Waals surface area contributed by atoms with Crippen LogP contribution in [0, 0.1) is 6.92 Å². The number of hydrogen-bond donors (Lipinski definition) is 1. The van der Waals surface area contributed by atoms with E-state index >= 15 is 0 Å². The molecule has 0 bridgehead atoms. The van der Waals surface area contributed by atoms with Crippen molar-refractivity contribution in [1.29, 1.82) is 0 Å². The van der Waals surface area contributed by atoms with Crippen molar-refractivity contribution in [2.45, 2.75) is 26.4 Å². The van der Waals surface area contributed by atoms with Crippen molar-refractivity contribution >= 4 is 21.6 Å². The molecule has 1 heterocycles. The predicted molar refractivity (Wildman–Crippen MR) is 110 cm³/mol. The number of nitrogens with zero attached hydrogens (tertiary/aromatic N) is 3. The number of carbonyl (C=O) groups is 1. The zero-order chi connectivity index (χ0) is 21.0. The maximum atomic E-state index is 12.6. The Morgan fingerprint density at radius 1 is 1.14 bits per heavy atom. The average molecular weight is 414 g/mol. The molecule has 9 heteroatoms. The molecule has 1 N–H and O–H groups in total. The van der Waals surface area contributed by atoms with Crippen molar-refractivity contribution in [1.82, 2.24) is 15.5 Å². The Hall–Kier alpha value is -3.20. The number of carbonyl (C=O) groups excluding carboxylic acids is 1. The fraction of sp³-hybridized carbons (Fsp3) is 0.250. The Labute approximate surface area is 169 Å². The van der Waals surface area contributed by atoms with Gasteiger partial charge in [0.1, 0.15) is 6.04 Å². The summed E-state index contributed by atoms with van der Waals surface area (Å²) in [5.41, 5.74) is 2.21. The Kier molecular flexibility index (Phi) is 5.97. The van der Waals surface area contributed by atoms with E-state index in [1.54, 1.807) is 24.3 Å². The molecule has 152 valence electrons. The Balaban J connectivity index is 1.70. The van der Waals surface area contributed by atoms with Gasteiger partial charge in [-0.1, -0.05) is 53.2 Å². The summed E-state index contributed by atoms with van der Waals surface area (Å²) in [6.45, 7) is 3.42. The molecule has 1 atom stereocenters. The number of nitrogens with one attached hydrogen (secondary N) is 1. The minimum absolute atomic E-state index is 0.00545. The minimum atomic E-state index is -3.67. The summed E-state index contributed by atoms with van der Waals surface area (Å²) in [5, 5.41) is 6.55. The van der Waals surface area contributed by atoms with Gasteiger partial charge in [-0.05, 0) is 26.0 Å². The van der Waals surface area contributed by atoms with Gasteiger partial charge in [-0.3, -0.25) is 9.10 Å². The third kappa shape index (κ3) is 5.00. The maximum Gasteiger partial charge on any atom is 0.246 e. The first-order valence-electron chi connectivity index (χ1n) is 8.97. The monoisotopic (exact) mass is 414 g/mol. The molecule has 1 aromatic heterocycles. The fourth-order valence-corrected chi connectivity index (χ4v) is 4.02. The van der Waals surface area contributed by atoms with Crippen molar-refractivity contribution in [2.24, 2.45) is 0 Å². The summed E-state index contributed by atoms with van der Waals surface area (Å²) < 4.78 is 30.9. The first-order chi connectivity index (χ1) is 13.8. The van der Waals surface area contributed by atoms with Crippen molar-refractivity contribution < 1.29 is 17.7 Å². The lowest BCUT2D eigenvalue weighted by Crippen LogP contribution is -2.47. The van der Waals surface area contributed by atoms with E-state index in [0.29, 0.717) is 11.5 Å².